The molecule has 5 heteroatoms. The van der Waals surface area contributed by atoms with Crippen molar-refractivity contribution < 1.29 is 4.79 Å². The van der Waals surface area contributed by atoms with Gasteiger partial charge in [0.1, 0.15) is 0 Å². The molecular weight excluding hydrogens is 194 g/mol. The molecule has 0 aliphatic carbocycles. The Morgan fingerprint density at radius 2 is 2.40 bits per heavy atom. The van der Waals surface area contributed by atoms with E-state index >= 15 is 0 Å². The minimum absolute atomic E-state index is 0.200. The molecule has 78 valence electrons. The average molecular weight is 205 g/mol. The number of aromatic amines is 1. The number of nitrogens with zero attached hydrogens (tertiary/aromatic N) is 1. The van der Waals surface area contributed by atoms with Crippen molar-refractivity contribution in [2.24, 2.45) is 0 Å². The molecular formula is C10H11N3O2. The summed E-state index contributed by atoms with van der Waals surface area (Å²) in [6.45, 7) is 1.74. The summed E-state index contributed by atoms with van der Waals surface area (Å²) < 4.78 is 0. The van der Waals surface area contributed by atoms with Crippen molar-refractivity contribution in [2.75, 3.05) is 0 Å². The van der Waals surface area contributed by atoms with E-state index in [0.29, 0.717) is 5.56 Å². The first-order chi connectivity index (χ1) is 7.13. The molecule has 1 rings (SSSR count). The number of amides is 1. The summed E-state index contributed by atoms with van der Waals surface area (Å²) in [5, 5.41) is 11.0. The van der Waals surface area contributed by atoms with Gasteiger partial charge in [0.05, 0.1) is 18.1 Å². The lowest BCUT2D eigenvalue weighted by atomic mass is 10.2. The van der Waals surface area contributed by atoms with Crippen molar-refractivity contribution in [1.82, 2.24) is 10.3 Å². The summed E-state index contributed by atoms with van der Waals surface area (Å²) in [5.41, 5.74) is 0.121. The molecule has 15 heavy (non-hydrogen) atoms. The number of nitrogens with one attached hydrogen (secondary N) is 2. The summed E-state index contributed by atoms with van der Waals surface area (Å²) in [7, 11) is 0. The predicted molar refractivity (Wildman–Crippen MR) is 54.2 cm³/mol. The topological polar surface area (TPSA) is 85.8 Å². The van der Waals surface area contributed by atoms with Gasteiger partial charge in [-0.15, -0.1) is 0 Å². The number of hydrogen-bond acceptors (Lipinski definition) is 3. The minimum atomic E-state index is -0.297. The van der Waals surface area contributed by atoms with Crippen LogP contribution in [0.1, 0.15) is 23.7 Å². The van der Waals surface area contributed by atoms with Gasteiger partial charge in [0.2, 0.25) is 5.56 Å². The van der Waals surface area contributed by atoms with Gasteiger partial charge < -0.3 is 10.3 Å². The third kappa shape index (κ3) is 3.27. The van der Waals surface area contributed by atoms with Crippen LogP contribution in [0.5, 0.6) is 0 Å². The van der Waals surface area contributed by atoms with Crippen LogP contribution in [0.2, 0.25) is 0 Å². The fraction of sp³-hybridized carbons (Fsp3) is 0.300. The number of H-pyrrole nitrogens is 1. The largest absolute Gasteiger partial charge is 0.349 e. The lowest BCUT2D eigenvalue weighted by molar-refractivity contribution is 0.0940. The smallest absolute Gasteiger partial charge is 0.253 e. The summed E-state index contributed by atoms with van der Waals surface area (Å²) in [5.74, 6) is -0.297. The quantitative estimate of drug-likeness (QED) is 0.749. The van der Waals surface area contributed by atoms with E-state index in [9.17, 15) is 9.59 Å². The highest BCUT2D eigenvalue weighted by atomic mass is 16.1. The van der Waals surface area contributed by atoms with Gasteiger partial charge in [-0.3, -0.25) is 9.59 Å². The molecule has 1 aromatic heterocycles. The standard InChI is InChI=1S/C10H11N3O2/c1-7(4-5-11)13-10(15)8-2-3-9(14)12-6-8/h2-3,6-7H,4H2,1H3,(H,12,14)(H,13,15). The van der Waals surface area contributed by atoms with E-state index in [-0.39, 0.29) is 23.9 Å². The molecule has 0 aliphatic rings. The van der Waals surface area contributed by atoms with Gasteiger partial charge in [-0.25, -0.2) is 0 Å². The molecule has 1 atom stereocenters. The van der Waals surface area contributed by atoms with Crippen molar-refractivity contribution in [3.63, 3.8) is 0 Å². The van der Waals surface area contributed by atoms with Crippen LogP contribution in [-0.2, 0) is 0 Å². The van der Waals surface area contributed by atoms with Crippen LogP contribution >= 0.6 is 0 Å². The van der Waals surface area contributed by atoms with Gasteiger partial charge in [-0.2, -0.15) is 5.26 Å². The zero-order valence-corrected chi connectivity index (χ0v) is 8.28. The van der Waals surface area contributed by atoms with E-state index in [1.165, 1.54) is 18.3 Å². The summed E-state index contributed by atoms with van der Waals surface area (Å²) in [6, 6.07) is 4.48. The van der Waals surface area contributed by atoms with E-state index in [0.717, 1.165) is 0 Å². The molecule has 2 N–H and O–H groups in total. The summed E-state index contributed by atoms with van der Waals surface area (Å²) in [6.07, 6.45) is 1.60. The second-order valence-corrected chi connectivity index (χ2v) is 3.18. The highest BCUT2D eigenvalue weighted by molar-refractivity contribution is 5.93. The zero-order valence-electron chi connectivity index (χ0n) is 8.28. The normalized spacial score (nSPS) is 11.5. The molecule has 0 spiro atoms. The Bertz CT molecular complexity index is 424. The molecule has 0 radical (unpaired) electrons. The van der Waals surface area contributed by atoms with Gasteiger partial charge >= 0.3 is 0 Å². The van der Waals surface area contributed by atoms with Crippen molar-refractivity contribution in [3.05, 3.63) is 34.2 Å². The van der Waals surface area contributed by atoms with Crippen LogP contribution in [0, 0.1) is 11.3 Å². The highest BCUT2D eigenvalue weighted by Gasteiger charge is 2.08. The lowest BCUT2D eigenvalue weighted by Gasteiger charge is -2.09. The molecule has 0 fully saturated rings. The molecule has 0 aliphatic heterocycles. The van der Waals surface area contributed by atoms with Gasteiger partial charge in [-0.1, -0.05) is 0 Å². The van der Waals surface area contributed by atoms with Crippen LogP contribution in [0.3, 0.4) is 0 Å². The van der Waals surface area contributed by atoms with Gasteiger partial charge in [0.25, 0.3) is 5.91 Å². The Morgan fingerprint density at radius 1 is 1.67 bits per heavy atom. The minimum Gasteiger partial charge on any atom is -0.349 e. The van der Waals surface area contributed by atoms with Gasteiger partial charge in [0.15, 0.2) is 0 Å². The first-order valence-electron chi connectivity index (χ1n) is 4.50. The first-order valence-corrected chi connectivity index (χ1v) is 4.50. The van der Waals surface area contributed by atoms with Crippen LogP contribution in [0.15, 0.2) is 23.1 Å². The monoisotopic (exact) mass is 205 g/mol. The third-order valence-electron chi connectivity index (χ3n) is 1.82. The Labute approximate surface area is 86.7 Å². The Kier molecular flexibility index (Phi) is 3.63. The zero-order chi connectivity index (χ0) is 11.3. The highest BCUT2D eigenvalue weighted by Crippen LogP contribution is 1.96. The second kappa shape index (κ2) is 4.96. The van der Waals surface area contributed by atoms with Crippen molar-refractivity contribution in [2.45, 2.75) is 19.4 Å². The first kappa shape index (κ1) is 11.0. The van der Waals surface area contributed by atoms with Crippen molar-refractivity contribution in [3.8, 4) is 6.07 Å². The van der Waals surface area contributed by atoms with E-state index in [2.05, 4.69) is 10.3 Å². The number of aromatic nitrogens is 1. The molecule has 1 aromatic rings. The molecule has 1 unspecified atom stereocenters. The van der Waals surface area contributed by atoms with E-state index in [4.69, 9.17) is 5.26 Å². The Hall–Kier alpha value is -2.09. The molecule has 1 heterocycles. The average Bonchev–Trinajstić information content (AvgIpc) is 2.18. The molecule has 1 amide bonds. The van der Waals surface area contributed by atoms with Crippen LogP contribution < -0.4 is 10.9 Å². The summed E-state index contributed by atoms with van der Waals surface area (Å²) in [4.78, 5) is 24.6. The molecule has 0 bridgehead atoms. The number of nitriles is 1. The van der Waals surface area contributed by atoms with E-state index in [1.807, 2.05) is 6.07 Å². The number of hydrogen-bond donors (Lipinski definition) is 2. The number of pyridine rings is 1. The SMILES string of the molecule is CC(CC#N)NC(=O)c1ccc(=O)[nH]c1. The maximum Gasteiger partial charge on any atom is 0.253 e. The number of carbonyl (C=O) groups is 1. The molecule has 0 aromatic carbocycles. The molecule has 0 saturated carbocycles. The maximum absolute atomic E-state index is 11.5. The Balaban J connectivity index is 2.66. The number of carbonyl (C=O) groups excluding carboxylic acids is 1. The predicted octanol–water partition coefficient (Wildman–Crippen LogP) is 0.407. The summed E-state index contributed by atoms with van der Waals surface area (Å²) >= 11 is 0. The maximum atomic E-state index is 11.5. The van der Waals surface area contributed by atoms with Crippen molar-refractivity contribution in [1.29, 1.82) is 5.26 Å². The van der Waals surface area contributed by atoms with Gasteiger partial charge in [0, 0.05) is 18.3 Å². The van der Waals surface area contributed by atoms with E-state index in [1.54, 1.807) is 6.92 Å². The van der Waals surface area contributed by atoms with Crippen LogP contribution in [-0.4, -0.2) is 16.9 Å². The van der Waals surface area contributed by atoms with Gasteiger partial charge in [-0.05, 0) is 13.0 Å². The number of rotatable bonds is 3. The third-order valence-corrected chi connectivity index (χ3v) is 1.82. The van der Waals surface area contributed by atoms with Crippen LogP contribution in [0.25, 0.3) is 0 Å². The molecule has 5 nitrogen and oxygen atoms in total. The fourth-order valence-electron chi connectivity index (χ4n) is 1.05. The van der Waals surface area contributed by atoms with E-state index < -0.39 is 0 Å². The van der Waals surface area contributed by atoms with Crippen LogP contribution in [0.4, 0.5) is 0 Å². The Morgan fingerprint density at radius 3 is 2.93 bits per heavy atom. The lowest BCUT2D eigenvalue weighted by Crippen LogP contribution is -2.32. The van der Waals surface area contributed by atoms with Crippen molar-refractivity contribution >= 4 is 5.91 Å². The molecule has 0 saturated heterocycles. The second-order valence-electron chi connectivity index (χ2n) is 3.18. The fourth-order valence-corrected chi connectivity index (χ4v) is 1.05.